The zero-order valence-corrected chi connectivity index (χ0v) is 25.6. The molecule has 0 aromatic heterocycles. The molecule has 0 saturated carbocycles. The van der Waals surface area contributed by atoms with Crippen LogP contribution >= 0.6 is 0 Å². The third-order valence-corrected chi connectivity index (χ3v) is 6.95. The number of likely N-dealkylation sites (tertiary alicyclic amines) is 1. The van der Waals surface area contributed by atoms with Gasteiger partial charge in [-0.15, -0.1) is 0 Å². The van der Waals surface area contributed by atoms with Crippen LogP contribution in [0.4, 0.5) is 9.59 Å². The van der Waals surface area contributed by atoms with E-state index < -0.39 is 36.0 Å². The molecular formula is C32H46N4O6. The van der Waals surface area contributed by atoms with Gasteiger partial charge in [0.25, 0.3) is 0 Å². The van der Waals surface area contributed by atoms with Crippen molar-refractivity contribution in [2.24, 2.45) is 0 Å². The smallest absolute Gasteiger partial charge is 0.407 e. The number of carbonyl (C=O) groups is 3. The fourth-order valence-corrected chi connectivity index (χ4v) is 4.94. The van der Waals surface area contributed by atoms with Crippen molar-refractivity contribution in [2.45, 2.75) is 96.4 Å². The Hall–Kier alpha value is -3.63. The summed E-state index contributed by atoms with van der Waals surface area (Å²) in [5.41, 5.74) is 0.796. The molecule has 42 heavy (non-hydrogen) atoms. The van der Waals surface area contributed by atoms with Crippen LogP contribution in [0, 0.1) is 0 Å². The fourth-order valence-electron chi connectivity index (χ4n) is 4.94. The Kier molecular flexibility index (Phi) is 11.4. The molecule has 230 valence electrons. The number of carbonyl (C=O) groups excluding carboxylic acids is 3. The standard InChI is InChI=1S/C32H46N4O6/c1-31(2,3)36-20-24(34-30(40)42-32(4,5)6)18-26(36)28(38)33-19-27(37)25(17-22-13-9-7-10-14-22)35-29(39)41-21-23-15-11-8-12-16-23/h7-16,24-27,37H,17-21H2,1-6H3,(H,33,38)(H,34,40)(H,35,39)/t24-,25+,26+,27-/m1/s1. The Bertz CT molecular complexity index is 1160. The highest BCUT2D eigenvalue weighted by Gasteiger charge is 2.43. The molecule has 1 heterocycles. The summed E-state index contributed by atoms with van der Waals surface area (Å²) in [6.45, 7) is 11.9. The lowest BCUT2D eigenvalue weighted by atomic mass is 10.0. The first-order valence-electron chi connectivity index (χ1n) is 14.4. The molecule has 1 saturated heterocycles. The van der Waals surface area contributed by atoms with Crippen molar-refractivity contribution in [1.29, 1.82) is 0 Å². The van der Waals surface area contributed by atoms with Crippen LogP contribution in [-0.4, -0.2) is 76.6 Å². The maximum Gasteiger partial charge on any atom is 0.407 e. The number of nitrogens with zero attached hydrogens (tertiary/aromatic N) is 1. The number of amides is 3. The van der Waals surface area contributed by atoms with Gasteiger partial charge in [-0.2, -0.15) is 0 Å². The van der Waals surface area contributed by atoms with Crippen LogP contribution in [0.25, 0.3) is 0 Å². The lowest BCUT2D eigenvalue weighted by Crippen LogP contribution is -2.54. The monoisotopic (exact) mass is 582 g/mol. The zero-order valence-electron chi connectivity index (χ0n) is 25.6. The van der Waals surface area contributed by atoms with E-state index in [9.17, 15) is 19.5 Å². The summed E-state index contributed by atoms with van der Waals surface area (Å²) < 4.78 is 10.8. The number of hydrogen-bond donors (Lipinski definition) is 4. The van der Waals surface area contributed by atoms with Gasteiger partial charge in [-0.3, -0.25) is 9.69 Å². The summed E-state index contributed by atoms with van der Waals surface area (Å²) in [5.74, 6) is -0.262. The molecule has 2 aromatic rings. The third kappa shape index (κ3) is 10.6. The predicted molar refractivity (Wildman–Crippen MR) is 161 cm³/mol. The Morgan fingerprint density at radius 1 is 0.929 bits per heavy atom. The van der Waals surface area contributed by atoms with Crippen molar-refractivity contribution < 1.29 is 29.0 Å². The third-order valence-electron chi connectivity index (χ3n) is 6.95. The van der Waals surface area contributed by atoms with E-state index in [1.807, 2.05) is 86.3 Å². The first kappa shape index (κ1) is 32.9. The number of alkyl carbamates (subject to hydrolysis) is 2. The molecular weight excluding hydrogens is 536 g/mol. The lowest BCUT2D eigenvalue weighted by molar-refractivity contribution is -0.127. The number of aliphatic hydroxyl groups excluding tert-OH is 1. The van der Waals surface area contributed by atoms with Gasteiger partial charge in [0.1, 0.15) is 12.2 Å². The Morgan fingerprint density at radius 3 is 2.10 bits per heavy atom. The van der Waals surface area contributed by atoms with Gasteiger partial charge in [-0.05, 0) is 65.5 Å². The van der Waals surface area contributed by atoms with Crippen molar-refractivity contribution in [3.63, 3.8) is 0 Å². The van der Waals surface area contributed by atoms with Crippen molar-refractivity contribution in [3.05, 3.63) is 71.8 Å². The molecule has 1 fully saturated rings. The van der Waals surface area contributed by atoms with Crippen molar-refractivity contribution in [3.8, 4) is 0 Å². The number of aliphatic hydroxyl groups is 1. The fraction of sp³-hybridized carbons (Fsp3) is 0.531. The first-order chi connectivity index (χ1) is 19.7. The molecule has 4 atom stereocenters. The average molecular weight is 583 g/mol. The lowest BCUT2D eigenvalue weighted by Gasteiger charge is -2.36. The minimum atomic E-state index is -1.08. The van der Waals surface area contributed by atoms with Gasteiger partial charge in [0.05, 0.1) is 18.2 Å². The van der Waals surface area contributed by atoms with Crippen molar-refractivity contribution in [2.75, 3.05) is 13.1 Å². The average Bonchev–Trinajstić information content (AvgIpc) is 3.34. The second kappa shape index (κ2) is 14.5. The second-order valence-corrected chi connectivity index (χ2v) is 12.7. The molecule has 3 amide bonds. The van der Waals surface area contributed by atoms with Crippen LogP contribution in [0.3, 0.4) is 0 Å². The molecule has 3 rings (SSSR count). The summed E-state index contributed by atoms with van der Waals surface area (Å²) in [5, 5.41) is 19.7. The van der Waals surface area contributed by atoms with Crippen LogP contribution in [0.15, 0.2) is 60.7 Å². The summed E-state index contributed by atoms with van der Waals surface area (Å²) in [7, 11) is 0. The molecule has 10 nitrogen and oxygen atoms in total. The molecule has 1 aliphatic rings. The van der Waals surface area contributed by atoms with Gasteiger partial charge in [0, 0.05) is 24.7 Å². The van der Waals surface area contributed by atoms with E-state index in [-0.39, 0.29) is 30.6 Å². The van der Waals surface area contributed by atoms with Gasteiger partial charge >= 0.3 is 12.2 Å². The SMILES string of the molecule is CC(C)(C)OC(=O)N[C@@H]1C[C@@H](C(=O)NC[C@@H](O)[C@H](Cc2ccccc2)NC(=O)OCc2ccccc2)N(C(C)(C)C)C1. The van der Waals surface area contributed by atoms with Crippen LogP contribution in [0.5, 0.6) is 0 Å². The molecule has 0 bridgehead atoms. The molecule has 10 heteroatoms. The van der Waals surface area contributed by atoms with Gasteiger partial charge in [0.15, 0.2) is 0 Å². The molecule has 0 radical (unpaired) electrons. The normalized spacial score (nSPS) is 18.9. The minimum absolute atomic E-state index is 0.0755. The van der Waals surface area contributed by atoms with E-state index in [1.165, 1.54) is 0 Å². The molecule has 2 aromatic carbocycles. The molecule has 0 spiro atoms. The minimum Gasteiger partial charge on any atom is -0.445 e. The maximum absolute atomic E-state index is 13.4. The zero-order chi connectivity index (χ0) is 30.9. The number of benzene rings is 2. The van der Waals surface area contributed by atoms with Crippen LogP contribution in [0.1, 0.15) is 59.1 Å². The second-order valence-electron chi connectivity index (χ2n) is 12.7. The van der Waals surface area contributed by atoms with Gasteiger partial charge in [0.2, 0.25) is 5.91 Å². The van der Waals surface area contributed by atoms with Crippen LogP contribution < -0.4 is 16.0 Å². The van der Waals surface area contributed by atoms with Crippen molar-refractivity contribution >= 4 is 18.1 Å². The topological polar surface area (TPSA) is 129 Å². The van der Waals surface area contributed by atoms with Crippen molar-refractivity contribution in [1.82, 2.24) is 20.9 Å². The largest absolute Gasteiger partial charge is 0.445 e. The van der Waals surface area contributed by atoms with Gasteiger partial charge < -0.3 is 30.5 Å². The molecule has 0 aliphatic carbocycles. The van der Waals surface area contributed by atoms with E-state index in [0.717, 1.165) is 11.1 Å². The number of rotatable bonds is 10. The predicted octanol–water partition coefficient (Wildman–Crippen LogP) is 3.77. The Morgan fingerprint density at radius 2 is 1.52 bits per heavy atom. The highest BCUT2D eigenvalue weighted by atomic mass is 16.6. The van der Waals surface area contributed by atoms with E-state index >= 15 is 0 Å². The number of ether oxygens (including phenoxy) is 2. The van der Waals surface area contributed by atoms with Crippen LogP contribution in [-0.2, 0) is 27.3 Å². The summed E-state index contributed by atoms with van der Waals surface area (Å²) in [6, 6.07) is 17.3. The summed E-state index contributed by atoms with van der Waals surface area (Å²) in [4.78, 5) is 40.5. The number of nitrogens with one attached hydrogen (secondary N) is 3. The number of hydrogen-bond acceptors (Lipinski definition) is 7. The van der Waals surface area contributed by atoms with Gasteiger partial charge in [-0.25, -0.2) is 9.59 Å². The quantitative estimate of drug-likeness (QED) is 0.336. The highest BCUT2D eigenvalue weighted by molar-refractivity contribution is 5.82. The Balaban J connectivity index is 1.62. The Labute approximate surface area is 249 Å². The maximum atomic E-state index is 13.4. The van der Waals surface area contributed by atoms with Crippen LogP contribution in [0.2, 0.25) is 0 Å². The molecule has 4 N–H and O–H groups in total. The van der Waals surface area contributed by atoms with E-state index in [1.54, 1.807) is 20.8 Å². The molecule has 0 unspecified atom stereocenters. The highest BCUT2D eigenvalue weighted by Crippen LogP contribution is 2.27. The van der Waals surface area contributed by atoms with E-state index in [2.05, 4.69) is 16.0 Å². The summed E-state index contributed by atoms with van der Waals surface area (Å²) >= 11 is 0. The van der Waals surface area contributed by atoms with E-state index in [4.69, 9.17) is 9.47 Å². The molecule has 1 aliphatic heterocycles. The van der Waals surface area contributed by atoms with E-state index in [0.29, 0.717) is 19.4 Å². The van der Waals surface area contributed by atoms with Gasteiger partial charge in [-0.1, -0.05) is 60.7 Å². The summed E-state index contributed by atoms with van der Waals surface area (Å²) in [6.07, 6.45) is -1.52. The first-order valence-corrected chi connectivity index (χ1v) is 14.4.